The van der Waals surface area contributed by atoms with Gasteiger partial charge in [-0.15, -0.1) is 0 Å². The molecule has 2 aromatic carbocycles. The lowest BCUT2D eigenvalue weighted by Crippen LogP contribution is -2.07. The predicted molar refractivity (Wildman–Crippen MR) is 86.6 cm³/mol. The highest BCUT2D eigenvalue weighted by Crippen LogP contribution is 2.23. The number of hydrogen-bond acceptors (Lipinski definition) is 1. The van der Waals surface area contributed by atoms with E-state index in [1.54, 1.807) is 12.1 Å². The van der Waals surface area contributed by atoms with Crippen LogP contribution < -0.4 is 0 Å². The molecule has 0 aliphatic rings. The molecule has 0 fully saturated rings. The van der Waals surface area contributed by atoms with Crippen LogP contribution in [0.5, 0.6) is 0 Å². The standard InChI is InChI=1S/C15H11Br2ClO/c16-8-10-3-1-2-4-13(10)15(19)14-7-12(18)6-5-11(14)9-17/h1-7H,8-9H2. The Morgan fingerprint density at radius 2 is 1.58 bits per heavy atom. The summed E-state index contributed by atoms with van der Waals surface area (Å²) < 4.78 is 0. The number of benzene rings is 2. The number of alkyl halides is 2. The average molecular weight is 403 g/mol. The molecule has 0 aliphatic heterocycles. The molecule has 0 aliphatic carbocycles. The second kappa shape index (κ2) is 6.69. The van der Waals surface area contributed by atoms with E-state index in [1.807, 2.05) is 30.3 Å². The van der Waals surface area contributed by atoms with Crippen molar-refractivity contribution in [1.29, 1.82) is 0 Å². The first-order valence-corrected chi connectivity index (χ1v) is 8.32. The average Bonchev–Trinajstić information content (AvgIpc) is 2.46. The van der Waals surface area contributed by atoms with Gasteiger partial charge in [0.1, 0.15) is 0 Å². The highest BCUT2D eigenvalue weighted by molar-refractivity contribution is 9.08. The van der Waals surface area contributed by atoms with Crippen molar-refractivity contribution in [3.05, 3.63) is 69.7 Å². The second-order valence-electron chi connectivity index (χ2n) is 4.06. The highest BCUT2D eigenvalue weighted by Gasteiger charge is 2.16. The fourth-order valence-electron chi connectivity index (χ4n) is 1.88. The van der Waals surface area contributed by atoms with E-state index in [0.717, 1.165) is 11.1 Å². The Kier molecular flexibility index (Phi) is 5.20. The molecule has 0 bridgehead atoms. The van der Waals surface area contributed by atoms with Gasteiger partial charge < -0.3 is 0 Å². The zero-order valence-electron chi connectivity index (χ0n) is 10.00. The number of rotatable bonds is 4. The highest BCUT2D eigenvalue weighted by atomic mass is 79.9. The van der Waals surface area contributed by atoms with Crippen LogP contribution in [0.2, 0.25) is 5.02 Å². The quantitative estimate of drug-likeness (QED) is 0.497. The van der Waals surface area contributed by atoms with E-state index in [9.17, 15) is 4.79 Å². The van der Waals surface area contributed by atoms with Gasteiger partial charge in [-0.2, -0.15) is 0 Å². The summed E-state index contributed by atoms with van der Waals surface area (Å²) in [6, 6.07) is 13.0. The van der Waals surface area contributed by atoms with Gasteiger partial charge in [0.25, 0.3) is 0 Å². The van der Waals surface area contributed by atoms with Gasteiger partial charge >= 0.3 is 0 Å². The Bertz CT molecular complexity index is 611. The van der Waals surface area contributed by atoms with Crippen LogP contribution in [0.4, 0.5) is 0 Å². The summed E-state index contributed by atoms with van der Waals surface area (Å²) in [6.07, 6.45) is 0. The molecule has 0 aromatic heterocycles. The molecule has 0 N–H and O–H groups in total. The molecule has 98 valence electrons. The maximum Gasteiger partial charge on any atom is 0.193 e. The second-order valence-corrected chi connectivity index (χ2v) is 5.61. The van der Waals surface area contributed by atoms with Crippen LogP contribution in [0, 0.1) is 0 Å². The van der Waals surface area contributed by atoms with Crippen LogP contribution in [0.25, 0.3) is 0 Å². The number of carbonyl (C=O) groups excluding carboxylic acids is 1. The molecule has 0 radical (unpaired) electrons. The summed E-state index contributed by atoms with van der Waals surface area (Å²) in [5.41, 5.74) is 3.29. The first-order valence-electron chi connectivity index (χ1n) is 5.70. The van der Waals surface area contributed by atoms with E-state index < -0.39 is 0 Å². The first kappa shape index (κ1) is 14.8. The van der Waals surface area contributed by atoms with Crippen molar-refractivity contribution >= 4 is 49.2 Å². The Hall–Kier alpha value is -0.640. The largest absolute Gasteiger partial charge is 0.289 e. The van der Waals surface area contributed by atoms with Gasteiger partial charge in [0.15, 0.2) is 5.78 Å². The summed E-state index contributed by atoms with van der Waals surface area (Å²) in [5, 5.41) is 1.85. The van der Waals surface area contributed by atoms with Crippen LogP contribution in [-0.4, -0.2) is 5.78 Å². The van der Waals surface area contributed by atoms with Gasteiger partial charge in [-0.25, -0.2) is 0 Å². The monoisotopic (exact) mass is 400 g/mol. The summed E-state index contributed by atoms with van der Waals surface area (Å²) in [4.78, 5) is 12.7. The Balaban J connectivity index is 2.52. The van der Waals surface area contributed by atoms with Crippen LogP contribution in [0.1, 0.15) is 27.0 Å². The van der Waals surface area contributed by atoms with Crippen molar-refractivity contribution in [3.63, 3.8) is 0 Å². The molecule has 2 rings (SSSR count). The summed E-state index contributed by atoms with van der Waals surface area (Å²) >= 11 is 12.8. The van der Waals surface area contributed by atoms with E-state index >= 15 is 0 Å². The van der Waals surface area contributed by atoms with E-state index in [-0.39, 0.29) is 5.78 Å². The SMILES string of the molecule is O=C(c1ccccc1CBr)c1cc(Cl)ccc1CBr. The van der Waals surface area contributed by atoms with Crippen molar-refractivity contribution in [3.8, 4) is 0 Å². The van der Waals surface area contributed by atoms with Crippen molar-refractivity contribution < 1.29 is 4.79 Å². The molecule has 2 aromatic rings. The van der Waals surface area contributed by atoms with E-state index in [1.165, 1.54) is 0 Å². The first-order chi connectivity index (χ1) is 9.17. The third-order valence-corrected chi connectivity index (χ3v) is 4.31. The molecule has 4 heteroatoms. The third-order valence-electron chi connectivity index (χ3n) is 2.87. The fraction of sp³-hybridized carbons (Fsp3) is 0.133. The zero-order chi connectivity index (χ0) is 13.8. The lowest BCUT2D eigenvalue weighted by Gasteiger charge is -2.10. The lowest BCUT2D eigenvalue weighted by molar-refractivity contribution is 0.103. The van der Waals surface area contributed by atoms with Crippen LogP contribution in [-0.2, 0) is 10.7 Å². The smallest absolute Gasteiger partial charge is 0.193 e. The minimum atomic E-state index is 0.00648. The van der Waals surface area contributed by atoms with Gasteiger partial charge in [0, 0.05) is 26.8 Å². The minimum Gasteiger partial charge on any atom is -0.289 e. The summed E-state index contributed by atoms with van der Waals surface area (Å²) in [5.74, 6) is 0.00648. The molecular weight excluding hydrogens is 391 g/mol. The van der Waals surface area contributed by atoms with Gasteiger partial charge in [-0.05, 0) is 23.3 Å². The third kappa shape index (κ3) is 3.28. The molecule has 0 saturated heterocycles. The molecule has 0 unspecified atom stereocenters. The van der Waals surface area contributed by atoms with Crippen molar-refractivity contribution in [2.75, 3.05) is 0 Å². The Labute approximate surface area is 134 Å². The van der Waals surface area contributed by atoms with Crippen LogP contribution >= 0.6 is 43.5 Å². The number of hydrogen-bond donors (Lipinski definition) is 0. The van der Waals surface area contributed by atoms with Gasteiger partial charge in [0.05, 0.1) is 0 Å². The molecule has 19 heavy (non-hydrogen) atoms. The number of carbonyl (C=O) groups is 1. The van der Waals surface area contributed by atoms with Gasteiger partial charge in [0.2, 0.25) is 0 Å². The zero-order valence-corrected chi connectivity index (χ0v) is 13.9. The van der Waals surface area contributed by atoms with Crippen molar-refractivity contribution in [2.24, 2.45) is 0 Å². The Morgan fingerprint density at radius 3 is 2.26 bits per heavy atom. The van der Waals surface area contributed by atoms with Gasteiger partial charge in [-0.1, -0.05) is 73.8 Å². The molecule has 0 heterocycles. The fourth-order valence-corrected chi connectivity index (χ4v) is 3.03. The molecular formula is C15H11Br2ClO. The van der Waals surface area contributed by atoms with Crippen molar-refractivity contribution in [1.82, 2.24) is 0 Å². The number of halogens is 3. The summed E-state index contributed by atoms with van der Waals surface area (Å²) in [6.45, 7) is 0. The molecule has 0 saturated carbocycles. The number of ketones is 1. The molecule has 1 nitrogen and oxygen atoms in total. The van der Waals surface area contributed by atoms with Gasteiger partial charge in [-0.3, -0.25) is 4.79 Å². The van der Waals surface area contributed by atoms with Crippen LogP contribution in [0.3, 0.4) is 0 Å². The molecule has 0 spiro atoms. The molecule has 0 amide bonds. The molecule has 0 atom stereocenters. The normalized spacial score (nSPS) is 10.5. The predicted octanol–water partition coefficient (Wildman–Crippen LogP) is 5.36. The maximum absolute atomic E-state index is 12.7. The minimum absolute atomic E-state index is 0.00648. The lowest BCUT2D eigenvalue weighted by atomic mass is 9.96. The van der Waals surface area contributed by atoms with E-state index in [4.69, 9.17) is 11.6 Å². The van der Waals surface area contributed by atoms with Crippen molar-refractivity contribution in [2.45, 2.75) is 10.7 Å². The van der Waals surface area contributed by atoms with Crippen LogP contribution in [0.15, 0.2) is 42.5 Å². The maximum atomic E-state index is 12.7. The van der Waals surface area contributed by atoms with E-state index in [0.29, 0.717) is 26.8 Å². The Morgan fingerprint density at radius 1 is 0.947 bits per heavy atom. The summed E-state index contributed by atoms with van der Waals surface area (Å²) in [7, 11) is 0. The van der Waals surface area contributed by atoms with E-state index in [2.05, 4.69) is 31.9 Å². The topological polar surface area (TPSA) is 17.1 Å².